The third-order valence-electron chi connectivity index (χ3n) is 3.48. The summed E-state index contributed by atoms with van der Waals surface area (Å²) < 4.78 is 27.2. The molecule has 1 unspecified atom stereocenters. The van der Waals surface area contributed by atoms with Crippen molar-refractivity contribution in [2.45, 2.75) is 31.1 Å². The van der Waals surface area contributed by atoms with Crippen molar-refractivity contribution in [1.29, 1.82) is 0 Å². The van der Waals surface area contributed by atoms with Gasteiger partial charge in [0.25, 0.3) is 5.56 Å². The van der Waals surface area contributed by atoms with Crippen molar-refractivity contribution in [2.24, 2.45) is 0 Å². The van der Waals surface area contributed by atoms with Gasteiger partial charge < -0.3 is 4.98 Å². The lowest BCUT2D eigenvalue weighted by molar-refractivity contribution is 0.00754. The number of hydrogen-bond donors (Lipinski definition) is 1. The molecule has 1 saturated carbocycles. The minimum absolute atomic E-state index is 0.139. The maximum atomic E-state index is 13.2. The zero-order chi connectivity index (χ0) is 13.6. The number of nitrogens with one attached hydrogen (secondary N) is 1. The number of hydrogen-bond acceptors (Lipinski definition) is 2. The molecule has 0 radical (unpaired) electrons. The van der Waals surface area contributed by atoms with Crippen LogP contribution in [-0.2, 0) is 0 Å². The molecule has 6 heteroatoms. The molecule has 1 aliphatic rings. The normalized spacial score (nSPS) is 21.9. The first kappa shape index (κ1) is 12.7. The van der Waals surface area contributed by atoms with Crippen LogP contribution in [0.4, 0.5) is 8.78 Å². The van der Waals surface area contributed by atoms with Crippen molar-refractivity contribution in [3.63, 3.8) is 0 Å². The van der Waals surface area contributed by atoms with E-state index in [4.69, 9.17) is 0 Å². The van der Waals surface area contributed by atoms with Crippen molar-refractivity contribution in [3.05, 3.63) is 38.9 Å². The fourth-order valence-electron chi connectivity index (χ4n) is 2.51. The van der Waals surface area contributed by atoms with Gasteiger partial charge in [-0.25, -0.2) is 13.8 Å². The molecule has 0 bridgehead atoms. The molecule has 1 aliphatic carbocycles. The van der Waals surface area contributed by atoms with Crippen LogP contribution in [0, 0.1) is 0 Å². The third kappa shape index (κ3) is 2.41. The van der Waals surface area contributed by atoms with Gasteiger partial charge in [-0.1, -0.05) is 15.9 Å². The number of alkyl halides is 2. The Bertz CT molecular complexity index is 699. The van der Waals surface area contributed by atoms with Crippen LogP contribution in [-0.4, -0.2) is 15.9 Å². The smallest absolute Gasteiger partial charge is 0.258 e. The minimum atomic E-state index is -2.64. The Morgan fingerprint density at radius 1 is 1.42 bits per heavy atom. The molecule has 1 aromatic heterocycles. The zero-order valence-electron chi connectivity index (χ0n) is 9.92. The Morgan fingerprint density at radius 3 is 2.89 bits per heavy atom. The standard InChI is InChI=1S/C13H11BrF2N2O/c14-8-1-2-10-9(5-8)12(19)18-11(17-10)7-3-4-13(15,16)6-7/h1-2,5,7H,3-4,6H2,(H,17,18,19). The maximum Gasteiger partial charge on any atom is 0.258 e. The molecule has 1 fully saturated rings. The summed E-state index contributed by atoms with van der Waals surface area (Å²) >= 11 is 3.29. The Balaban J connectivity index is 2.07. The van der Waals surface area contributed by atoms with E-state index >= 15 is 0 Å². The van der Waals surface area contributed by atoms with E-state index in [9.17, 15) is 13.6 Å². The number of benzene rings is 1. The molecule has 0 saturated heterocycles. The van der Waals surface area contributed by atoms with E-state index in [-0.39, 0.29) is 24.3 Å². The predicted octanol–water partition coefficient (Wildman–Crippen LogP) is 3.59. The van der Waals surface area contributed by atoms with E-state index in [1.54, 1.807) is 18.2 Å². The van der Waals surface area contributed by atoms with Crippen LogP contribution < -0.4 is 5.56 Å². The van der Waals surface area contributed by atoms with E-state index in [0.29, 0.717) is 23.1 Å². The lowest BCUT2D eigenvalue weighted by atomic mass is 10.1. The first-order valence-electron chi connectivity index (χ1n) is 6.02. The Labute approximate surface area is 116 Å². The number of H-pyrrole nitrogens is 1. The molecule has 3 rings (SSSR count). The van der Waals surface area contributed by atoms with E-state index in [1.165, 1.54) is 0 Å². The van der Waals surface area contributed by atoms with Gasteiger partial charge in [0, 0.05) is 23.2 Å². The van der Waals surface area contributed by atoms with E-state index in [1.807, 2.05) is 0 Å². The minimum Gasteiger partial charge on any atom is -0.310 e. The van der Waals surface area contributed by atoms with Crippen molar-refractivity contribution in [2.75, 3.05) is 0 Å². The molecular weight excluding hydrogens is 318 g/mol. The summed E-state index contributed by atoms with van der Waals surface area (Å²) in [5, 5.41) is 0.461. The van der Waals surface area contributed by atoms with Crippen LogP contribution in [0.15, 0.2) is 27.5 Å². The number of nitrogens with zero attached hydrogens (tertiary/aromatic N) is 1. The van der Waals surface area contributed by atoms with Gasteiger partial charge in [0.2, 0.25) is 5.92 Å². The highest BCUT2D eigenvalue weighted by molar-refractivity contribution is 9.10. The highest BCUT2D eigenvalue weighted by Gasteiger charge is 2.41. The van der Waals surface area contributed by atoms with E-state index in [2.05, 4.69) is 25.9 Å². The number of rotatable bonds is 1. The third-order valence-corrected chi connectivity index (χ3v) is 3.97. The predicted molar refractivity (Wildman–Crippen MR) is 71.6 cm³/mol. The van der Waals surface area contributed by atoms with Crippen molar-refractivity contribution < 1.29 is 8.78 Å². The maximum absolute atomic E-state index is 13.2. The van der Waals surface area contributed by atoms with Crippen LogP contribution in [0.25, 0.3) is 10.9 Å². The summed E-state index contributed by atoms with van der Waals surface area (Å²) in [5.41, 5.74) is 0.258. The van der Waals surface area contributed by atoms with Gasteiger partial charge in [-0.2, -0.15) is 0 Å². The molecule has 1 heterocycles. The molecule has 100 valence electrons. The summed E-state index contributed by atoms with van der Waals surface area (Å²) in [6, 6.07) is 5.17. The number of aromatic nitrogens is 2. The second-order valence-corrected chi connectivity index (χ2v) is 5.82. The first-order chi connectivity index (χ1) is 8.94. The number of aromatic amines is 1. The highest BCUT2D eigenvalue weighted by atomic mass is 79.9. The average molecular weight is 329 g/mol. The fraction of sp³-hybridized carbons (Fsp3) is 0.385. The molecule has 1 atom stereocenters. The average Bonchev–Trinajstić information content (AvgIpc) is 2.70. The molecule has 1 N–H and O–H groups in total. The highest BCUT2D eigenvalue weighted by Crippen LogP contribution is 2.43. The quantitative estimate of drug-likeness (QED) is 0.869. The Kier molecular flexibility index (Phi) is 2.92. The van der Waals surface area contributed by atoms with Gasteiger partial charge >= 0.3 is 0 Å². The lowest BCUT2D eigenvalue weighted by Crippen LogP contribution is -2.15. The van der Waals surface area contributed by atoms with Crippen LogP contribution in [0.3, 0.4) is 0 Å². The van der Waals surface area contributed by atoms with Gasteiger partial charge in [-0.15, -0.1) is 0 Å². The van der Waals surface area contributed by atoms with Crippen LogP contribution in [0.5, 0.6) is 0 Å². The molecule has 19 heavy (non-hydrogen) atoms. The summed E-state index contributed by atoms with van der Waals surface area (Å²) in [6.07, 6.45) is -0.0182. The second kappa shape index (κ2) is 4.37. The molecule has 0 spiro atoms. The molecular formula is C13H11BrF2N2O. The van der Waals surface area contributed by atoms with Gasteiger partial charge in [0.05, 0.1) is 10.9 Å². The largest absolute Gasteiger partial charge is 0.310 e. The van der Waals surface area contributed by atoms with Crippen molar-refractivity contribution in [3.8, 4) is 0 Å². The molecule has 3 nitrogen and oxygen atoms in total. The monoisotopic (exact) mass is 328 g/mol. The molecule has 0 aliphatic heterocycles. The number of fused-ring (bicyclic) bond motifs is 1. The van der Waals surface area contributed by atoms with Crippen molar-refractivity contribution >= 4 is 26.8 Å². The van der Waals surface area contributed by atoms with E-state index in [0.717, 1.165) is 4.47 Å². The topological polar surface area (TPSA) is 45.8 Å². The van der Waals surface area contributed by atoms with Crippen LogP contribution in [0.2, 0.25) is 0 Å². The van der Waals surface area contributed by atoms with Gasteiger partial charge in [-0.3, -0.25) is 4.79 Å². The summed E-state index contributed by atoms with van der Waals surface area (Å²) in [5.74, 6) is -2.63. The SMILES string of the molecule is O=c1[nH]c(C2CCC(F)(F)C2)nc2ccc(Br)cc12. The summed E-state index contributed by atoms with van der Waals surface area (Å²) in [4.78, 5) is 18.9. The number of halogens is 3. The summed E-state index contributed by atoms with van der Waals surface area (Å²) in [7, 11) is 0. The zero-order valence-corrected chi connectivity index (χ0v) is 11.5. The second-order valence-electron chi connectivity index (χ2n) is 4.91. The first-order valence-corrected chi connectivity index (χ1v) is 6.81. The van der Waals surface area contributed by atoms with Gasteiger partial charge in [0.15, 0.2) is 0 Å². The summed E-state index contributed by atoms with van der Waals surface area (Å²) in [6.45, 7) is 0. The van der Waals surface area contributed by atoms with Crippen LogP contribution >= 0.6 is 15.9 Å². The molecule has 0 amide bonds. The lowest BCUT2D eigenvalue weighted by Gasteiger charge is -2.10. The van der Waals surface area contributed by atoms with E-state index < -0.39 is 5.92 Å². The van der Waals surface area contributed by atoms with Crippen LogP contribution in [0.1, 0.15) is 31.0 Å². The van der Waals surface area contributed by atoms with Gasteiger partial charge in [-0.05, 0) is 24.6 Å². The fourth-order valence-corrected chi connectivity index (χ4v) is 2.87. The van der Waals surface area contributed by atoms with Crippen molar-refractivity contribution in [1.82, 2.24) is 9.97 Å². The Hall–Kier alpha value is -1.30. The Morgan fingerprint density at radius 2 is 2.21 bits per heavy atom. The molecule has 1 aromatic carbocycles. The molecule has 2 aromatic rings. The van der Waals surface area contributed by atoms with Gasteiger partial charge in [0.1, 0.15) is 5.82 Å².